The van der Waals surface area contributed by atoms with E-state index < -0.39 is 17.9 Å². The Morgan fingerprint density at radius 3 is 1.20 bits per heavy atom. The topological polar surface area (TPSA) is 67.9 Å². The molecule has 0 radical (unpaired) electrons. The van der Waals surface area contributed by atoms with E-state index in [9.17, 15) is 0 Å². The van der Waals surface area contributed by atoms with Crippen LogP contribution in [0, 0.1) is 0 Å². The second-order valence-corrected chi connectivity index (χ2v) is 11.4. The average Bonchev–Trinajstić information content (AvgIpc) is 2.73. The molecule has 1 aromatic rings. The van der Waals surface area contributed by atoms with E-state index in [0.717, 1.165) is 11.3 Å². The maximum Gasteiger partial charge on any atom is 0.598 e. The molecule has 0 bridgehead atoms. The molecule has 0 unspecified atom stereocenters. The molecular weight excluding hydrogens is 422 g/mol. The van der Waals surface area contributed by atoms with E-state index in [-0.39, 0.29) is 0 Å². The molecule has 0 spiro atoms. The Balaban J connectivity index is 3.58. The van der Waals surface area contributed by atoms with Gasteiger partial charge in [0.1, 0.15) is 5.75 Å². The first-order valence-corrected chi connectivity index (χ1v) is 14.1. The highest BCUT2D eigenvalue weighted by atomic mass is 28.5. The normalized spacial score (nSPS) is 12.5. The van der Waals surface area contributed by atoms with Crippen molar-refractivity contribution in [3.05, 3.63) is 29.8 Å². The lowest BCUT2D eigenvalue weighted by Crippen LogP contribution is -2.74. The van der Waals surface area contributed by atoms with Crippen molar-refractivity contribution in [2.45, 2.75) is 48.1 Å². The molecule has 10 heteroatoms. The van der Waals surface area contributed by atoms with Crippen LogP contribution in [0.4, 0.5) is 0 Å². The van der Waals surface area contributed by atoms with Gasteiger partial charge >= 0.3 is 17.9 Å². The van der Waals surface area contributed by atoms with Gasteiger partial charge in [0.2, 0.25) is 0 Å². The summed E-state index contributed by atoms with van der Waals surface area (Å²) in [7, 11) is -5.13. The highest BCUT2D eigenvalue weighted by molar-refractivity contribution is 6.75. The Morgan fingerprint density at radius 2 is 0.933 bits per heavy atom. The van der Waals surface area contributed by atoms with Gasteiger partial charge in [0.05, 0.1) is 7.11 Å². The van der Waals surface area contributed by atoms with Gasteiger partial charge in [0.15, 0.2) is 0 Å². The lowest BCUT2D eigenvalue weighted by molar-refractivity contribution is -0.0214. The van der Waals surface area contributed by atoms with Gasteiger partial charge in [-0.05, 0) is 59.2 Å². The van der Waals surface area contributed by atoms with Crippen LogP contribution in [-0.2, 0) is 33.1 Å². The molecule has 0 fully saturated rings. The molecule has 1 aromatic carbocycles. The number of ether oxygens (including phenoxy) is 1. The summed E-state index contributed by atoms with van der Waals surface area (Å²) in [4.78, 5) is 0. The zero-order valence-corrected chi connectivity index (χ0v) is 21.6. The van der Waals surface area contributed by atoms with Crippen molar-refractivity contribution >= 4 is 17.9 Å². The molecule has 174 valence electrons. The second kappa shape index (κ2) is 14.3. The summed E-state index contributed by atoms with van der Waals surface area (Å²) in [5.74, 6) is 0.788. The molecule has 0 aliphatic carbocycles. The first-order chi connectivity index (χ1) is 14.5. The lowest BCUT2D eigenvalue weighted by atomic mass is 10.2. The van der Waals surface area contributed by atoms with Crippen molar-refractivity contribution in [2.75, 3.05) is 46.8 Å². The molecule has 0 atom stereocenters. The summed E-state index contributed by atoms with van der Waals surface area (Å²) < 4.78 is 44.6. The summed E-state index contributed by atoms with van der Waals surface area (Å²) >= 11 is 0. The van der Waals surface area contributed by atoms with Crippen LogP contribution in [0.15, 0.2) is 24.3 Å². The van der Waals surface area contributed by atoms with Gasteiger partial charge in [-0.1, -0.05) is 12.1 Å². The molecule has 8 nitrogen and oxygen atoms in total. The molecule has 0 saturated heterocycles. The van der Waals surface area contributed by atoms with Crippen molar-refractivity contribution in [3.8, 4) is 5.75 Å². The second-order valence-electron chi connectivity index (χ2n) is 6.08. The van der Waals surface area contributed by atoms with Crippen molar-refractivity contribution < 1.29 is 31.3 Å². The van der Waals surface area contributed by atoms with E-state index >= 15 is 0 Å². The van der Waals surface area contributed by atoms with Crippen LogP contribution >= 0.6 is 0 Å². The zero-order chi connectivity index (χ0) is 22.5. The minimum Gasteiger partial charge on any atom is -0.497 e. The highest BCUT2D eigenvalue weighted by Crippen LogP contribution is 2.29. The number of benzene rings is 1. The Labute approximate surface area is 184 Å². The van der Waals surface area contributed by atoms with Crippen LogP contribution in [0.2, 0.25) is 0 Å². The molecule has 0 N–H and O–H groups in total. The average molecular weight is 462 g/mol. The van der Waals surface area contributed by atoms with E-state index in [1.165, 1.54) is 0 Å². The molecule has 0 aromatic heterocycles. The lowest BCUT2D eigenvalue weighted by Gasteiger charge is -2.44. The first-order valence-electron chi connectivity index (χ1n) is 10.8. The predicted octanol–water partition coefficient (Wildman–Crippen LogP) is 3.59. The molecule has 0 aliphatic heterocycles. The Kier molecular flexibility index (Phi) is 12.9. The summed E-state index contributed by atoms with van der Waals surface area (Å²) in [5.41, 5.74) is 1.02. The fourth-order valence-electron chi connectivity index (χ4n) is 3.09. The Bertz CT molecular complexity index is 517. The van der Waals surface area contributed by atoms with E-state index in [2.05, 4.69) is 0 Å². The van der Waals surface area contributed by atoms with Gasteiger partial charge in [0, 0.05) is 46.2 Å². The summed E-state index contributed by atoms with van der Waals surface area (Å²) in [6, 6.07) is 7.84. The number of methoxy groups -OCH3 is 1. The quantitative estimate of drug-likeness (QED) is 0.326. The van der Waals surface area contributed by atoms with Crippen molar-refractivity contribution in [1.82, 2.24) is 4.23 Å². The van der Waals surface area contributed by atoms with E-state index in [4.69, 9.17) is 31.3 Å². The van der Waals surface area contributed by atoms with Crippen molar-refractivity contribution in [1.29, 1.82) is 0 Å². The smallest absolute Gasteiger partial charge is 0.497 e. The third kappa shape index (κ3) is 7.11. The van der Waals surface area contributed by atoms with E-state index in [1.807, 2.05) is 70.0 Å². The molecule has 0 aliphatic rings. The Hall–Kier alpha value is -0.826. The fraction of sp³-hybridized carbons (Fsp3) is 0.700. The maximum atomic E-state index is 6.23. The Morgan fingerprint density at radius 1 is 0.600 bits per heavy atom. The third-order valence-corrected chi connectivity index (χ3v) is 11.3. The van der Waals surface area contributed by atoms with Gasteiger partial charge in [0.25, 0.3) is 0 Å². The van der Waals surface area contributed by atoms with Gasteiger partial charge in [-0.25, -0.2) is 4.23 Å². The van der Waals surface area contributed by atoms with E-state index in [0.29, 0.717) is 46.2 Å². The van der Waals surface area contributed by atoms with Gasteiger partial charge in [-0.15, -0.1) is 0 Å². The van der Waals surface area contributed by atoms with Crippen LogP contribution in [0.25, 0.3) is 0 Å². The fourth-order valence-corrected chi connectivity index (χ4v) is 9.97. The molecule has 1 rings (SSSR count). The van der Waals surface area contributed by atoms with Gasteiger partial charge in [-0.2, -0.15) is 0 Å². The van der Waals surface area contributed by atoms with Crippen LogP contribution in [-0.4, -0.2) is 68.9 Å². The predicted molar refractivity (Wildman–Crippen MR) is 120 cm³/mol. The zero-order valence-electron chi connectivity index (χ0n) is 19.6. The number of hydrogen-bond donors (Lipinski definition) is 0. The SMILES string of the molecule is CCO[Si](OCC)(OCC)N(Cc1ccc(OC)cc1)[Si](OCC)(OCC)OCC. The standard InChI is InChI=1S/C20H39NO7Si2/c1-8-23-29(24-9-2,25-10-3)21(18-19-14-16-20(22-7)17-15-19)30(26-11-4,27-12-5)28-13-6/h14-17H,8-13,18H2,1-7H3. The van der Waals surface area contributed by atoms with Crippen LogP contribution < -0.4 is 4.74 Å². The third-order valence-electron chi connectivity index (χ3n) is 4.12. The van der Waals surface area contributed by atoms with Crippen molar-refractivity contribution in [2.24, 2.45) is 0 Å². The molecule has 0 heterocycles. The van der Waals surface area contributed by atoms with Gasteiger partial charge < -0.3 is 31.3 Å². The monoisotopic (exact) mass is 461 g/mol. The number of nitrogens with zero attached hydrogens (tertiary/aromatic N) is 1. The number of rotatable bonds is 17. The highest BCUT2D eigenvalue weighted by Gasteiger charge is 2.64. The summed E-state index contributed by atoms with van der Waals surface area (Å²) in [6.45, 7) is 14.6. The molecular formula is C20H39NO7Si2. The largest absolute Gasteiger partial charge is 0.598 e. The summed E-state index contributed by atoms with van der Waals surface area (Å²) in [5, 5.41) is 0. The maximum absolute atomic E-state index is 6.23. The number of hydrogen-bond acceptors (Lipinski definition) is 8. The molecule has 0 amide bonds. The summed E-state index contributed by atoms with van der Waals surface area (Å²) in [6.07, 6.45) is 0. The van der Waals surface area contributed by atoms with Crippen LogP contribution in [0.1, 0.15) is 47.1 Å². The molecule has 30 heavy (non-hydrogen) atoms. The van der Waals surface area contributed by atoms with Crippen LogP contribution in [0.3, 0.4) is 0 Å². The minimum absolute atomic E-state index is 0.431. The van der Waals surface area contributed by atoms with Crippen LogP contribution in [0.5, 0.6) is 5.75 Å². The first kappa shape index (κ1) is 27.2. The minimum atomic E-state index is -3.39. The van der Waals surface area contributed by atoms with E-state index in [1.54, 1.807) is 7.11 Å². The van der Waals surface area contributed by atoms with Gasteiger partial charge in [-0.3, -0.25) is 0 Å². The van der Waals surface area contributed by atoms with Crippen molar-refractivity contribution in [3.63, 3.8) is 0 Å². The molecule has 0 saturated carbocycles.